The molecule has 5 N–H and O–H groups in total. The van der Waals surface area contributed by atoms with Gasteiger partial charge in [-0.3, -0.25) is 4.90 Å². The van der Waals surface area contributed by atoms with Crippen LogP contribution >= 0.6 is 0 Å². The molecule has 0 aliphatic carbocycles. The second kappa shape index (κ2) is 13.8. The van der Waals surface area contributed by atoms with E-state index in [4.69, 9.17) is 9.47 Å². The second-order valence-corrected chi connectivity index (χ2v) is 12.9. The van der Waals surface area contributed by atoms with Gasteiger partial charge in [0.25, 0.3) is 10.0 Å². The van der Waals surface area contributed by atoms with Gasteiger partial charge in [0.2, 0.25) is 0 Å². The normalized spacial score (nSPS) is 23.7. The van der Waals surface area contributed by atoms with Crippen LogP contribution < -0.4 is 10.0 Å². The molecule has 44 heavy (non-hydrogen) atoms. The number of ether oxygens (including phenoxy) is 2. The Kier molecular flexibility index (Phi) is 10.0. The Morgan fingerprint density at radius 2 is 1.77 bits per heavy atom. The lowest BCUT2D eigenvalue weighted by molar-refractivity contribution is -0.184. The van der Waals surface area contributed by atoms with E-state index in [0.717, 1.165) is 67.1 Å². The summed E-state index contributed by atoms with van der Waals surface area (Å²) in [5.74, 6) is 0. The Morgan fingerprint density at radius 3 is 2.52 bits per heavy atom. The van der Waals surface area contributed by atoms with Gasteiger partial charge in [-0.15, -0.1) is 0 Å². The molecule has 0 spiro atoms. The number of aromatic nitrogens is 1. The largest absolute Gasteiger partial charge is 0.388 e. The van der Waals surface area contributed by atoms with Crippen molar-refractivity contribution in [3.05, 3.63) is 59.1 Å². The molecule has 1 aromatic heterocycles. The molecular weight excluding hydrogens is 586 g/mol. The van der Waals surface area contributed by atoms with E-state index < -0.39 is 39.3 Å². The van der Waals surface area contributed by atoms with E-state index in [1.165, 1.54) is 0 Å². The molecule has 2 fully saturated rings. The lowest BCUT2D eigenvalue weighted by atomic mass is 10.0. The Morgan fingerprint density at radius 1 is 1.05 bits per heavy atom. The summed E-state index contributed by atoms with van der Waals surface area (Å²) < 4.78 is 41.1. The number of fused-ring (bicyclic) bond motifs is 1. The molecule has 2 saturated heterocycles. The van der Waals surface area contributed by atoms with Crippen molar-refractivity contribution in [2.24, 2.45) is 7.05 Å². The molecule has 0 radical (unpaired) electrons. The number of hydrogen-bond donors (Lipinski definition) is 5. The molecule has 0 bridgehead atoms. The van der Waals surface area contributed by atoms with Crippen LogP contribution in [0.25, 0.3) is 27.6 Å². The van der Waals surface area contributed by atoms with Crippen LogP contribution in [0.1, 0.15) is 12.6 Å². The molecule has 236 valence electrons. The summed E-state index contributed by atoms with van der Waals surface area (Å²) in [4.78, 5) is 1.92. The van der Waals surface area contributed by atoms with E-state index in [1.807, 2.05) is 23.7 Å². The zero-order chi connectivity index (χ0) is 31.4. The van der Waals surface area contributed by atoms with Gasteiger partial charge in [0.05, 0.1) is 25.9 Å². The lowest BCUT2D eigenvalue weighted by Gasteiger charge is -2.35. The SMILES string of the molecule is C/C(=C(/C#N)S(=O)(=O)NC[C@H]1OC[C@H](O)[C@@H](O)[C@@H]1O)c1ccc(-c2ccc3cc(NCCN4CCOCC4)ccc3c2)n1C. The highest BCUT2D eigenvalue weighted by Gasteiger charge is 2.38. The summed E-state index contributed by atoms with van der Waals surface area (Å²) in [6, 6.07) is 17.9. The van der Waals surface area contributed by atoms with Crippen molar-refractivity contribution >= 4 is 32.1 Å². The van der Waals surface area contributed by atoms with Crippen LogP contribution in [0, 0.1) is 11.3 Å². The van der Waals surface area contributed by atoms with Crippen LogP contribution in [-0.4, -0.2) is 110 Å². The molecule has 12 nitrogen and oxygen atoms in total. The van der Waals surface area contributed by atoms with Gasteiger partial charge in [0.1, 0.15) is 24.4 Å². The molecule has 3 aromatic rings. The highest BCUT2D eigenvalue weighted by Crippen LogP contribution is 2.31. The predicted molar refractivity (Wildman–Crippen MR) is 167 cm³/mol. The fraction of sp³-hybridized carbons (Fsp3) is 0.452. The monoisotopic (exact) mass is 625 g/mol. The summed E-state index contributed by atoms with van der Waals surface area (Å²) in [6.07, 6.45) is -5.31. The van der Waals surface area contributed by atoms with Crippen LogP contribution in [0.3, 0.4) is 0 Å². The van der Waals surface area contributed by atoms with Crippen LogP contribution in [0.15, 0.2) is 53.4 Å². The number of morpholine rings is 1. The van der Waals surface area contributed by atoms with E-state index >= 15 is 0 Å². The molecule has 5 rings (SSSR count). The summed E-state index contributed by atoms with van der Waals surface area (Å²) in [5, 5.41) is 45.1. The van der Waals surface area contributed by atoms with E-state index in [2.05, 4.69) is 45.3 Å². The number of rotatable bonds is 10. The van der Waals surface area contributed by atoms with E-state index in [9.17, 15) is 29.0 Å². The van der Waals surface area contributed by atoms with Crippen LogP contribution in [0.5, 0.6) is 0 Å². The maximum atomic E-state index is 13.1. The highest BCUT2D eigenvalue weighted by atomic mass is 32.2. The van der Waals surface area contributed by atoms with Gasteiger partial charge in [-0.2, -0.15) is 5.26 Å². The van der Waals surface area contributed by atoms with Crippen molar-refractivity contribution < 1.29 is 33.2 Å². The van der Waals surface area contributed by atoms with Gasteiger partial charge in [-0.25, -0.2) is 13.1 Å². The first-order chi connectivity index (χ1) is 21.1. The topological polar surface area (TPSA) is 169 Å². The number of aliphatic hydroxyl groups excluding tert-OH is 3. The summed E-state index contributed by atoms with van der Waals surface area (Å²) in [7, 11) is -2.47. The lowest BCUT2D eigenvalue weighted by Crippen LogP contribution is -2.56. The first-order valence-corrected chi connectivity index (χ1v) is 16.1. The fourth-order valence-electron chi connectivity index (χ4n) is 5.65. The zero-order valence-electron chi connectivity index (χ0n) is 24.8. The smallest absolute Gasteiger partial charge is 0.251 e. The Hall–Kier alpha value is -3.32. The van der Waals surface area contributed by atoms with Crippen molar-refractivity contribution in [2.75, 3.05) is 57.9 Å². The quantitative estimate of drug-likeness (QED) is 0.207. The zero-order valence-corrected chi connectivity index (χ0v) is 25.6. The molecule has 0 saturated carbocycles. The van der Waals surface area contributed by atoms with Gasteiger partial charge in [0, 0.05) is 62.4 Å². The maximum Gasteiger partial charge on any atom is 0.251 e. The second-order valence-electron chi connectivity index (χ2n) is 11.2. The number of sulfonamides is 1. The van der Waals surface area contributed by atoms with Crippen molar-refractivity contribution in [3.8, 4) is 17.3 Å². The van der Waals surface area contributed by atoms with Crippen LogP contribution in [0.4, 0.5) is 5.69 Å². The number of hydrogen-bond acceptors (Lipinski definition) is 10. The van der Waals surface area contributed by atoms with Gasteiger partial charge in [-0.1, -0.05) is 18.2 Å². The molecule has 2 aliphatic heterocycles. The van der Waals surface area contributed by atoms with Crippen molar-refractivity contribution in [2.45, 2.75) is 31.3 Å². The minimum Gasteiger partial charge on any atom is -0.388 e. The number of aliphatic hydroxyl groups is 3. The van der Waals surface area contributed by atoms with Gasteiger partial charge < -0.3 is 34.7 Å². The molecule has 0 unspecified atom stereocenters. The number of anilines is 1. The van der Waals surface area contributed by atoms with Crippen molar-refractivity contribution in [1.82, 2.24) is 14.2 Å². The maximum absolute atomic E-state index is 13.1. The van der Waals surface area contributed by atoms with Gasteiger partial charge >= 0.3 is 0 Å². The molecule has 2 aliphatic rings. The Bertz CT molecular complexity index is 1660. The van der Waals surface area contributed by atoms with E-state index in [1.54, 1.807) is 19.1 Å². The number of nitriles is 1. The van der Waals surface area contributed by atoms with Crippen LogP contribution in [-0.2, 0) is 26.5 Å². The third kappa shape index (κ3) is 6.98. The Balaban J connectivity index is 1.29. The molecule has 2 aromatic carbocycles. The molecule has 0 amide bonds. The average molecular weight is 626 g/mol. The standard InChI is InChI=1S/C31H39N5O7S/c1-20(29(17-32)44(40,41)34-18-28-31(39)30(38)27(37)19-43-28)25-7-8-26(35(25)2)23-4-3-22-16-24(6-5-21(22)15-23)33-9-10-36-11-13-42-14-12-36/h3-8,15-16,27-28,30-31,33-34,37-39H,9-14,18-19H2,1-2H3/b29-20+/t27-,28+,30+,31+/m0/s1. The third-order valence-corrected chi connectivity index (χ3v) is 9.78. The van der Waals surface area contributed by atoms with Gasteiger partial charge in [0.15, 0.2) is 4.91 Å². The molecular formula is C31H39N5O7S. The number of allylic oxidation sites excluding steroid dienone is 2. The number of benzene rings is 2. The number of nitrogens with one attached hydrogen (secondary N) is 2. The van der Waals surface area contributed by atoms with E-state index in [-0.39, 0.29) is 18.7 Å². The molecule has 4 atom stereocenters. The van der Waals surface area contributed by atoms with Crippen LogP contribution in [0.2, 0.25) is 0 Å². The summed E-state index contributed by atoms with van der Waals surface area (Å²) in [5.41, 5.74) is 3.65. The minimum absolute atomic E-state index is 0.251. The van der Waals surface area contributed by atoms with Crippen molar-refractivity contribution in [1.29, 1.82) is 5.26 Å². The minimum atomic E-state index is -4.29. The summed E-state index contributed by atoms with van der Waals surface area (Å²) >= 11 is 0. The highest BCUT2D eigenvalue weighted by molar-refractivity contribution is 7.93. The molecule has 3 heterocycles. The van der Waals surface area contributed by atoms with E-state index in [0.29, 0.717) is 5.69 Å². The third-order valence-electron chi connectivity index (χ3n) is 8.29. The first-order valence-electron chi connectivity index (χ1n) is 14.6. The van der Waals surface area contributed by atoms with Crippen molar-refractivity contribution in [3.63, 3.8) is 0 Å². The predicted octanol–water partition coefficient (Wildman–Crippen LogP) is 1.24. The number of nitrogens with zero attached hydrogens (tertiary/aromatic N) is 3. The Labute approximate surface area is 257 Å². The first kappa shape index (κ1) is 32.1. The average Bonchev–Trinajstić information content (AvgIpc) is 3.41. The molecule has 13 heteroatoms. The fourth-order valence-corrected chi connectivity index (χ4v) is 6.80. The van der Waals surface area contributed by atoms with Gasteiger partial charge in [-0.05, 0) is 53.6 Å². The summed E-state index contributed by atoms with van der Waals surface area (Å²) in [6.45, 7) is 6.23.